The van der Waals surface area contributed by atoms with Crippen molar-refractivity contribution in [3.8, 4) is 0 Å². The standard InChI is InChI=1S/C17H27N5O/c1-2-20-11-13-22(14-12-20)17(23)16(15-3-5-18-6-4-15)21-9-7-19-8-10-21/h3-6,16,19H,2,7-14H2,1H3. The van der Waals surface area contributed by atoms with Gasteiger partial charge in [0.15, 0.2) is 0 Å². The van der Waals surface area contributed by atoms with E-state index in [4.69, 9.17) is 0 Å². The molecule has 1 aromatic rings. The highest BCUT2D eigenvalue weighted by molar-refractivity contribution is 5.83. The molecular weight excluding hydrogens is 290 g/mol. The quantitative estimate of drug-likeness (QED) is 0.859. The van der Waals surface area contributed by atoms with Crippen LogP contribution in [0.5, 0.6) is 0 Å². The lowest BCUT2D eigenvalue weighted by atomic mass is 10.0. The van der Waals surface area contributed by atoms with Crippen LogP contribution in [0.25, 0.3) is 0 Å². The van der Waals surface area contributed by atoms with E-state index in [0.717, 1.165) is 64.5 Å². The second kappa shape index (κ2) is 7.86. The van der Waals surface area contributed by atoms with Gasteiger partial charge in [-0.1, -0.05) is 6.92 Å². The van der Waals surface area contributed by atoms with Crippen molar-refractivity contribution in [1.29, 1.82) is 0 Å². The van der Waals surface area contributed by atoms with Gasteiger partial charge in [-0.2, -0.15) is 0 Å². The molecule has 6 nitrogen and oxygen atoms in total. The van der Waals surface area contributed by atoms with E-state index in [1.165, 1.54) is 0 Å². The number of nitrogens with one attached hydrogen (secondary N) is 1. The van der Waals surface area contributed by atoms with Crippen LogP contribution in [-0.2, 0) is 4.79 Å². The lowest BCUT2D eigenvalue weighted by Crippen LogP contribution is -2.54. The van der Waals surface area contributed by atoms with Crippen molar-refractivity contribution in [3.05, 3.63) is 30.1 Å². The number of pyridine rings is 1. The minimum absolute atomic E-state index is 0.173. The Kier molecular flexibility index (Phi) is 5.59. The van der Waals surface area contributed by atoms with Crippen LogP contribution in [0.3, 0.4) is 0 Å². The number of likely N-dealkylation sites (N-methyl/N-ethyl adjacent to an activating group) is 1. The molecule has 1 amide bonds. The number of hydrogen-bond donors (Lipinski definition) is 1. The van der Waals surface area contributed by atoms with Crippen molar-refractivity contribution >= 4 is 5.91 Å². The third kappa shape index (κ3) is 3.88. The molecule has 3 heterocycles. The number of aromatic nitrogens is 1. The number of carbonyl (C=O) groups is 1. The molecule has 23 heavy (non-hydrogen) atoms. The number of nitrogens with zero attached hydrogens (tertiary/aromatic N) is 4. The van der Waals surface area contributed by atoms with E-state index in [1.807, 2.05) is 17.0 Å². The zero-order chi connectivity index (χ0) is 16.1. The minimum Gasteiger partial charge on any atom is -0.338 e. The molecule has 126 valence electrons. The van der Waals surface area contributed by atoms with Gasteiger partial charge in [0.05, 0.1) is 0 Å². The lowest BCUT2D eigenvalue weighted by Gasteiger charge is -2.40. The van der Waals surface area contributed by atoms with E-state index in [1.54, 1.807) is 12.4 Å². The molecule has 1 atom stereocenters. The van der Waals surface area contributed by atoms with Crippen molar-refractivity contribution < 1.29 is 4.79 Å². The topological polar surface area (TPSA) is 51.7 Å². The molecule has 1 aromatic heterocycles. The molecule has 1 N–H and O–H groups in total. The predicted molar refractivity (Wildman–Crippen MR) is 90.1 cm³/mol. The fraction of sp³-hybridized carbons (Fsp3) is 0.647. The predicted octanol–water partition coefficient (Wildman–Crippen LogP) is 0.192. The van der Waals surface area contributed by atoms with Crippen LogP contribution in [0.4, 0.5) is 0 Å². The summed E-state index contributed by atoms with van der Waals surface area (Å²) < 4.78 is 0. The van der Waals surface area contributed by atoms with Gasteiger partial charge >= 0.3 is 0 Å². The normalized spacial score (nSPS) is 22.0. The SMILES string of the molecule is CCN1CCN(C(=O)C(c2ccncc2)N2CCNCC2)CC1. The first-order valence-electron chi connectivity index (χ1n) is 8.65. The zero-order valence-electron chi connectivity index (χ0n) is 13.9. The first kappa shape index (κ1) is 16.4. The average molecular weight is 317 g/mol. The van der Waals surface area contributed by atoms with Crippen LogP contribution >= 0.6 is 0 Å². The average Bonchev–Trinajstić information content (AvgIpc) is 2.64. The summed E-state index contributed by atoms with van der Waals surface area (Å²) in [6.45, 7) is 10.6. The van der Waals surface area contributed by atoms with Gasteiger partial charge in [-0.15, -0.1) is 0 Å². The van der Waals surface area contributed by atoms with E-state index in [-0.39, 0.29) is 11.9 Å². The number of carbonyl (C=O) groups excluding carboxylic acids is 1. The Morgan fingerprint density at radius 3 is 2.39 bits per heavy atom. The maximum Gasteiger partial charge on any atom is 0.244 e. The Balaban J connectivity index is 1.76. The van der Waals surface area contributed by atoms with Gasteiger partial charge in [0.25, 0.3) is 0 Å². The summed E-state index contributed by atoms with van der Waals surface area (Å²) in [6.07, 6.45) is 3.57. The Labute approximate surface area is 138 Å². The molecule has 0 saturated carbocycles. The highest BCUT2D eigenvalue weighted by atomic mass is 16.2. The van der Waals surface area contributed by atoms with E-state index < -0.39 is 0 Å². The van der Waals surface area contributed by atoms with Crippen molar-refractivity contribution in [3.63, 3.8) is 0 Å². The fourth-order valence-electron chi connectivity index (χ4n) is 3.45. The Morgan fingerprint density at radius 1 is 1.13 bits per heavy atom. The van der Waals surface area contributed by atoms with Gasteiger partial charge < -0.3 is 15.1 Å². The van der Waals surface area contributed by atoms with Gasteiger partial charge in [-0.3, -0.25) is 14.7 Å². The third-order valence-electron chi connectivity index (χ3n) is 4.90. The van der Waals surface area contributed by atoms with Crippen LogP contribution in [0.1, 0.15) is 18.5 Å². The number of piperazine rings is 2. The molecule has 3 rings (SSSR count). The van der Waals surface area contributed by atoms with Crippen molar-refractivity contribution in [2.45, 2.75) is 13.0 Å². The van der Waals surface area contributed by atoms with Crippen molar-refractivity contribution in [2.24, 2.45) is 0 Å². The van der Waals surface area contributed by atoms with E-state index >= 15 is 0 Å². The first-order chi connectivity index (χ1) is 11.3. The molecule has 1 unspecified atom stereocenters. The van der Waals surface area contributed by atoms with Crippen LogP contribution in [0, 0.1) is 0 Å². The molecule has 2 aliphatic rings. The van der Waals surface area contributed by atoms with Crippen molar-refractivity contribution in [2.75, 3.05) is 58.9 Å². The highest BCUT2D eigenvalue weighted by Gasteiger charge is 2.33. The third-order valence-corrected chi connectivity index (χ3v) is 4.90. The molecule has 0 spiro atoms. The lowest BCUT2D eigenvalue weighted by molar-refractivity contribution is -0.139. The smallest absolute Gasteiger partial charge is 0.244 e. The van der Waals surface area contributed by atoms with Crippen LogP contribution in [0.2, 0.25) is 0 Å². The highest BCUT2D eigenvalue weighted by Crippen LogP contribution is 2.24. The molecule has 2 aliphatic heterocycles. The zero-order valence-corrected chi connectivity index (χ0v) is 13.9. The number of rotatable bonds is 4. The molecule has 0 aliphatic carbocycles. The summed E-state index contributed by atoms with van der Waals surface area (Å²) in [4.78, 5) is 24.1. The second-order valence-electron chi connectivity index (χ2n) is 6.23. The molecule has 0 aromatic carbocycles. The monoisotopic (exact) mass is 317 g/mol. The number of hydrogen-bond acceptors (Lipinski definition) is 5. The first-order valence-corrected chi connectivity index (χ1v) is 8.65. The Hall–Kier alpha value is -1.50. The minimum atomic E-state index is -0.173. The van der Waals surface area contributed by atoms with Gasteiger partial charge in [0.2, 0.25) is 5.91 Å². The summed E-state index contributed by atoms with van der Waals surface area (Å²) in [5.74, 6) is 0.244. The fourth-order valence-corrected chi connectivity index (χ4v) is 3.45. The molecular formula is C17H27N5O. The van der Waals surface area contributed by atoms with Crippen LogP contribution in [0.15, 0.2) is 24.5 Å². The molecule has 2 fully saturated rings. The Bertz CT molecular complexity index is 495. The van der Waals surface area contributed by atoms with Gasteiger partial charge in [-0.25, -0.2) is 0 Å². The summed E-state index contributed by atoms with van der Waals surface area (Å²) in [7, 11) is 0. The maximum atomic E-state index is 13.2. The van der Waals surface area contributed by atoms with Crippen LogP contribution in [-0.4, -0.2) is 84.5 Å². The van der Waals surface area contributed by atoms with Gasteiger partial charge in [0, 0.05) is 64.8 Å². The largest absolute Gasteiger partial charge is 0.338 e. The number of amides is 1. The van der Waals surface area contributed by atoms with E-state index in [0.29, 0.717) is 0 Å². The molecule has 6 heteroatoms. The van der Waals surface area contributed by atoms with E-state index in [9.17, 15) is 4.79 Å². The summed E-state index contributed by atoms with van der Waals surface area (Å²) in [6, 6.07) is 3.79. The molecule has 0 bridgehead atoms. The Morgan fingerprint density at radius 2 is 1.78 bits per heavy atom. The summed E-state index contributed by atoms with van der Waals surface area (Å²) >= 11 is 0. The second-order valence-corrected chi connectivity index (χ2v) is 6.23. The summed E-state index contributed by atoms with van der Waals surface area (Å²) in [5.41, 5.74) is 1.06. The molecule has 2 saturated heterocycles. The molecule has 0 radical (unpaired) electrons. The van der Waals surface area contributed by atoms with E-state index in [2.05, 4.69) is 27.0 Å². The van der Waals surface area contributed by atoms with Gasteiger partial charge in [0.1, 0.15) is 6.04 Å². The maximum absolute atomic E-state index is 13.2. The van der Waals surface area contributed by atoms with Crippen molar-refractivity contribution in [1.82, 2.24) is 25.0 Å². The summed E-state index contributed by atoms with van der Waals surface area (Å²) in [5, 5.41) is 3.37. The van der Waals surface area contributed by atoms with Gasteiger partial charge in [-0.05, 0) is 24.2 Å². The van der Waals surface area contributed by atoms with Crippen LogP contribution < -0.4 is 5.32 Å².